The molecule has 0 heterocycles. The van der Waals surface area contributed by atoms with E-state index in [4.69, 9.17) is 5.73 Å². The average Bonchev–Trinajstić information content (AvgIpc) is 2.70. The van der Waals surface area contributed by atoms with Crippen LogP contribution in [-0.4, -0.2) is 0 Å². The molecule has 0 radical (unpaired) electrons. The molecule has 3 aromatic rings. The first-order valence-electron chi connectivity index (χ1n) is 9.25. The first-order valence-corrected chi connectivity index (χ1v) is 9.25. The molecule has 0 aliphatic rings. The summed E-state index contributed by atoms with van der Waals surface area (Å²) in [6, 6.07) is 3.93. The second-order valence-electron chi connectivity index (χ2n) is 7.43. The van der Waals surface area contributed by atoms with Crippen LogP contribution in [0.25, 0.3) is 22.3 Å². The monoisotopic (exact) mass is 517 g/mol. The Balaban J connectivity index is 2.27. The van der Waals surface area contributed by atoms with Gasteiger partial charge in [0.1, 0.15) is 0 Å². The maximum Gasteiger partial charge on any atom is 0.416 e. The second-order valence-corrected chi connectivity index (χ2v) is 7.43. The van der Waals surface area contributed by atoms with Gasteiger partial charge in [-0.3, -0.25) is 0 Å². The lowest BCUT2D eigenvalue weighted by molar-refractivity contribution is -0.144. The molecule has 0 aromatic heterocycles. The van der Waals surface area contributed by atoms with Crippen LogP contribution in [0.3, 0.4) is 0 Å². The van der Waals surface area contributed by atoms with Gasteiger partial charge in [0, 0.05) is 5.69 Å². The quantitative estimate of drug-likeness (QED) is 0.267. The minimum atomic E-state index is -5.18. The molecule has 0 spiro atoms. The van der Waals surface area contributed by atoms with Gasteiger partial charge in [0.15, 0.2) is 0 Å². The Bertz CT molecular complexity index is 1090. The third-order valence-electron chi connectivity index (χ3n) is 4.80. The summed E-state index contributed by atoms with van der Waals surface area (Å²) in [4.78, 5) is 0. The number of nitrogen functional groups attached to an aromatic ring is 1. The summed E-state index contributed by atoms with van der Waals surface area (Å²) in [6.07, 6.45) is -20.7. The Morgan fingerprint density at radius 1 is 0.343 bits per heavy atom. The topological polar surface area (TPSA) is 26.0 Å². The normalized spacial score (nSPS) is 13.3. The maximum absolute atomic E-state index is 13.2. The lowest BCUT2D eigenvalue weighted by atomic mass is 9.93. The molecule has 0 amide bonds. The minimum Gasteiger partial charge on any atom is -0.399 e. The molecule has 13 heteroatoms. The van der Waals surface area contributed by atoms with Crippen molar-refractivity contribution in [1.82, 2.24) is 0 Å². The van der Waals surface area contributed by atoms with Crippen LogP contribution in [0.4, 0.5) is 58.4 Å². The van der Waals surface area contributed by atoms with E-state index in [2.05, 4.69) is 0 Å². The number of halogens is 12. The molecule has 188 valence electrons. The fourth-order valence-corrected chi connectivity index (χ4v) is 3.23. The van der Waals surface area contributed by atoms with Crippen molar-refractivity contribution in [2.45, 2.75) is 24.7 Å². The van der Waals surface area contributed by atoms with E-state index in [0.717, 1.165) is 18.2 Å². The van der Waals surface area contributed by atoms with Crippen LogP contribution < -0.4 is 5.73 Å². The fourth-order valence-electron chi connectivity index (χ4n) is 3.23. The molecule has 0 aliphatic carbocycles. The number of benzene rings is 3. The molecule has 35 heavy (non-hydrogen) atoms. The third-order valence-corrected chi connectivity index (χ3v) is 4.80. The van der Waals surface area contributed by atoms with E-state index in [1.165, 1.54) is 0 Å². The lowest BCUT2D eigenvalue weighted by Gasteiger charge is -2.17. The molecule has 0 fully saturated rings. The fraction of sp³-hybridized carbons (Fsp3) is 0.182. The molecule has 0 saturated heterocycles. The van der Waals surface area contributed by atoms with Gasteiger partial charge in [-0.15, -0.1) is 0 Å². The molecule has 0 aliphatic heterocycles. The van der Waals surface area contributed by atoms with E-state index < -0.39 is 58.1 Å². The van der Waals surface area contributed by atoms with Crippen molar-refractivity contribution in [2.75, 3.05) is 5.73 Å². The Morgan fingerprint density at radius 2 is 0.571 bits per heavy atom. The molecular weight excluding hydrogens is 506 g/mol. The highest BCUT2D eigenvalue weighted by Crippen LogP contribution is 2.42. The van der Waals surface area contributed by atoms with Crippen molar-refractivity contribution < 1.29 is 52.7 Å². The zero-order valence-electron chi connectivity index (χ0n) is 16.8. The molecule has 2 N–H and O–H groups in total. The van der Waals surface area contributed by atoms with E-state index in [1.54, 1.807) is 0 Å². The third kappa shape index (κ3) is 6.01. The highest BCUT2D eigenvalue weighted by atomic mass is 19.4. The molecular formula is C22H11F12N. The van der Waals surface area contributed by atoms with Crippen LogP contribution in [-0.2, 0) is 24.7 Å². The van der Waals surface area contributed by atoms with Crippen molar-refractivity contribution in [3.63, 3.8) is 0 Å². The van der Waals surface area contributed by atoms with Crippen molar-refractivity contribution in [1.29, 1.82) is 0 Å². The molecule has 0 bridgehead atoms. The molecule has 1 nitrogen and oxygen atoms in total. The Hall–Kier alpha value is -3.38. The van der Waals surface area contributed by atoms with Crippen LogP contribution in [0.15, 0.2) is 54.6 Å². The van der Waals surface area contributed by atoms with E-state index in [9.17, 15) is 52.7 Å². The predicted octanol–water partition coefficient (Wildman–Crippen LogP) is 8.68. The zero-order valence-corrected chi connectivity index (χ0v) is 16.8. The van der Waals surface area contributed by atoms with Gasteiger partial charge in [-0.2, -0.15) is 52.7 Å². The van der Waals surface area contributed by atoms with Gasteiger partial charge in [0.05, 0.1) is 22.3 Å². The number of hydrogen-bond acceptors (Lipinski definition) is 1. The molecule has 3 aromatic carbocycles. The Labute approximate surface area is 188 Å². The molecule has 0 saturated carbocycles. The number of hydrogen-bond donors (Lipinski definition) is 1. The number of nitrogens with two attached hydrogens (primary N) is 1. The van der Waals surface area contributed by atoms with E-state index in [-0.39, 0.29) is 28.9 Å². The van der Waals surface area contributed by atoms with Gasteiger partial charge in [0.2, 0.25) is 0 Å². The van der Waals surface area contributed by atoms with Crippen LogP contribution in [0.1, 0.15) is 22.3 Å². The Kier molecular flexibility index (Phi) is 6.28. The summed E-state index contributed by atoms with van der Waals surface area (Å²) in [5, 5.41) is 0. The van der Waals surface area contributed by atoms with Crippen molar-refractivity contribution >= 4 is 5.69 Å². The average molecular weight is 517 g/mol. The number of rotatable bonds is 2. The summed E-state index contributed by atoms with van der Waals surface area (Å²) in [5.74, 6) is 0. The number of alkyl halides is 12. The Morgan fingerprint density at radius 3 is 0.800 bits per heavy atom. The molecule has 0 atom stereocenters. The summed E-state index contributed by atoms with van der Waals surface area (Å²) in [6.45, 7) is 0. The van der Waals surface area contributed by atoms with Gasteiger partial charge in [-0.1, -0.05) is 0 Å². The molecule has 3 rings (SSSR count). The molecule has 0 unspecified atom stereocenters. The predicted molar refractivity (Wildman–Crippen MR) is 102 cm³/mol. The smallest absolute Gasteiger partial charge is 0.399 e. The lowest BCUT2D eigenvalue weighted by Crippen LogP contribution is -2.11. The van der Waals surface area contributed by atoms with Crippen LogP contribution >= 0.6 is 0 Å². The first kappa shape index (κ1) is 26.2. The largest absolute Gasteiger partial charge is 0.416 e. The standard InChI is InChI=1S/C22H11F12N/c23-19(24,25)14-2-12(3-15(8-14)20(26,27)28)10-1-11(7-18(35)6-10)13-4-16(21(29,30)31)9-17(5-13)22(32,33)34/h1-9H,35H2. The highest BCUT2D eigenvalue weighted by Gasteiger charge is 2.38. The van der Waals surface area contributed by atoms with Crippen molar-refractivity contribution in [3.8, 4) is 22.3 Å². The van der Waals surface area contributed by atoms with Gasteiger partial charge in [-0.05, 0) is 76.9 Å². The van der Waals surface area contributed by atoms with Gasteiger partial charge < -0.3 is 5.73 Å². The van der Waals surface area contributed by atoms with Gasteiger partial charge >= 0.3 is 24.7 Å². The van der Waals surface area contributed by atoms with Crippen molar-refractivity contribution in [3.05, 3.63) is 76.9 Å². The van der Waals surface area contributed by atoms with E-state index in [1.807, 2.05) is 0 Å². The summed E-state index contributed by atoms with van der Waals surface area (Å²) in [7, 11) is 0. The maximum atomic E-state index is 13.2. The van der Waals surface area contributed by atoms with Crippen LogP contribution in [0, 0.1) is 0 Å². The van der Waals surface area contributed by atoms with Crippen LogP contribution in [0.5, 0.6) is 0 Å². The van der Waals surface area contributed by atoms with E-state index >= 15 is 0 Å². The SMILES string of the molecule is Nc1cc(-c2cc(C(F)(F)F)cc(C(F)(F)F)c2)cc(-c2cc(C(F)(F)F)cc(C(F)(F)F)c2)c1. The summed E-state index contributed by atoms with van der Waals surface area (Å²) in [5.41, 5.74) is -3.40. The summed E-state index contributed by atoms with van der Waals surface area (Å²) >= 11 is 0. The number of anilines is 1. The van der Waals surface area contributed by atoms with E-state index in [0.29, 0.717) is 24.3 Å². The highest BCUT2D eigenvalue weighted by molar-refractivity contribution is 5.78. The second kappa shape index (κ2) is 8.38. The first-order chi connectivity index (χ1) is 15.7. The van der Waals surface area contributed by atoms with Gasteiger partial charge in [-0.25, -0.2) is 0 Å². The minimum absolute atomic E-state index is 0.126. The van der Waals surface area contributed by atoms with Crippen molar-refractivity contribution in [2.24, 2.45) is 0 Å². The van der Waals surface area contributed by atoms with Crippen LogP contribution in [0.2, 0.25) is 0 Å². The van der Waals surface area contributed by atoms with Gasteiger partial charge in [0.25, 0.3) is 0 Å². The summed E-state index contributed by atoms with van der Waals surface area (Å²) < 4.78 is 158. The zero-order chi connectivity index (χ0) is 26.6.